The Balaban J connectivity index is 0.000000261. The van der Waals surface area contributed by atoms with Crippen LogP contribution in [0, 0.1) is 0 Å². The molecule has 118 valence electrons. The summed E-state index contributed by atoms with van der Waals surface area (Å²) in [4.78, 5) is 22.3. The number of aromatic amines is 1. The summed E-state index contributed by atoms with van der Waals surface area (Å²) in [5, 5.41) is 16.8. The van der Waals surface area contributed by atoms with Gasteiger partial charge in [0.05, 0.1) is 7.11 Å². The van der Waals surface area contributed by atoms with Gasteiger partial charge in [-0.1, -0.05) is 0 Å². The van der Waals surface area contributed by atoms with E-state index in [0.29, 0.717) is 18.7 Å². The fraction of sp³-hybridized carbons (Fsp3) is 0.200. The number of methoxy groups -OCH3 is 1. The van der Waals surface area contributed by atoms with Crippen LogP contribution in [0.15, 0.2) is 36.5 Å². The van der Waals surface area contributed by atoms with E-state index in [2.05, 4.69) is 4.98 Å². The summed E-state index contributed by atoms with van der Waals surface area (Å²) in [7, 11) is 1.68. The number of fused-ring (bicyclic) bond motifs is 1. The van der Waals surface area contributed by atoms with Gasteiger partial charge in [0.25, 0.3) is 0 Å². The maximum Gasteiger partial charge on any atom is 0.328 e. The van der Waals surface area contributed by atoms with E-state index in [4.69, 9.17) is 20.7 Å². The van der Waals surface area contributed by atoms with Gasteiger partial charge in [0.1, 0.15) is 5.75 Å². The van der Waals surface area contributed by atoms with E-state index in [0.717, 1.165) is 17.7 Å². The van der Waals surface area contributed by atoms with Gasteiger partial charge < -0.3 is 25.7 Å². The van der Waals surface area contributed by atoms with Crippen molar-refractivity contribution in [3.63, 3.8) is 0 Å². The zero-order valence-electron chi connectivity index (χ0n) is 12.1. The Labute approximate surface area is 127 Å². The average Bonchev–Trinajstić information content (AvgIpc) is 2.88. The Morgan fingerprint density at radius 2 is 1.91 bits per heavy atom. The molecule has 1 heterocycles. The Morgan fingerprint density at radius 3 is 2.41 bits per heavy atom. The van der Waals surface area contributed by atoms with Crippen LogP contribution in [0.4, 0.5) is 0 Å². The van der Waals surface area contributed by atoms with Crippen LogP contribution in [-0.2, 0) is 16.0 Å². The summed E-state index contributed by atoms with van der Waals surface area (Å²) in [6, 6.07) is 6.01. The molecule has 0 aliphatic carbocycles. The maximum absolute atomic E-state index is 9.55. The second kappa shape index (κ2) is 8.48. The molecule has 2 aromatic rings. The minimum absolute atomic E-state index is 0.558. The average molecular weight is 306 g/mol. The van der Waals surface area contributed by atoms with Crippen LogP contribution < -0.4 is 10.5 Å². The quantitative estimate of drug-likeness (QED) is 0.618. The summed E-state index contributed by atoms with van der Waals surface area (Å²) in [5.41, 5.74) is 7.92. The summed E-state index contributed by atoms with van der Waals surface area (Å²) in [6.07, 6.45) is 4.02. The molecule has 0 spiro atoms. The van der Waals surface area contributed by atoms with Crippen molar-refractivity contribution < 1.29 is 24.5 Å². The molecule has 0 atom stereocenters. The fourth-order valence-electron chi connectivity index (χ4n) is 1.79. The topological polar surface area (TPSA) is 126 Å². The highest BCUT2D eigenvalue weighted by atomic mass is 16.5. The lowest BCUT2D eigenvalue weighted by Crippen LogP contribution is -2.01. The normalized spacial score (nSPS) is 10.3. The number of carbonyl (C=O) groups is 2. The molecule has 1 aromatic carbocycles. The van der Waals surface area contributed by atoms with Crippen LogP contribution in [0.1, 0.15) is 5.56 Å². The summed E-state index contributed by atoms with van der Waals surface area (Å²) in [6.45, 7) is 0.671. The van der Waals surface area contributed by atoms with Crippen molar-refractivity contribution in [1.29, 1.82) is 0 Å². The molecule has 0 saturated carbocycles. The van der Waals surface area contributed by atoms with Gasteiger partial charge in [0.2, 0.25) is 0 Å². The molecule has 7 nitrogen and oxygen atoms in total. The van der Waals surface area contributed by atoms with Gasteiger partial charge in [-0.15, -0.1) is 0 Å². The number of benzene rings is 1. The van der Waals surface area contributed by atoms with Crippen LogP contribution in [-0.4, -0.2) is 40.8 Å². The second-order valence-corrected chi connectivity index (χ2v) is 4.27. The summed E-state index contributed by atoms with van der Waals surface area (Å²) in [5.74, 6) is -1.63. The van der Waals surface area contributed by atoms with Gasteiger partial charge in [-0.3, -0.25) is 0 Å². The first-order chi connectivity index (χ1) is 10.5. The molecule has 0 bridgehead atoms. The number of hydrogen-bond acceptors (Lipinski definition) is 4. The zero-order chi connectivity index (χ0) is 16.5. The largest absolute Gasteiger partial charge is 0.497 e. The standard InChI is InChI=1S/C11H14N2O.C4H4O4/c1-14-9-2-3-11-10(6-9)8(4-5-12)7-13-11;5-3(6)1-2-4(7)8/h2-3,6-7,13H,4-5,12H2,1H3;1-2H,(H,5,6)(H,7,8). The molecule has 1 aromatic heterocycles. The third-order valence-electron chi connectivity index (χ3n) is 2.76. The van der Waals surface area contributed by atoms with Gasteiger partial charge in [0.15, 0.2) is 0 Å². The number of nitrogens with one attached hydrogen (secondary N) is 1. The third kappa shape index (κ3) is 5.29. The fourth-order valence-corrected chi connectivity index (χ4v) is 1.79. The second-order valence-electron chi connectivity index (χ2n) is 4.27. The monoisotopic (exact) mass is 306 g/mol. The smallest absolute Gasteiger partial charge is 0.328 e. The van der Waals surface area contributed by atoms with E-state index in [9.17, 15) is 9.59 Å². The van der Waals surface area contributed by atoms with E-state index >= 15 is 0 Å². The van der Waals surface area contributed by atoms with Crippen molar-refractivity contribution in [2.45, 2.75) is 6.42 Å². The van der Waals surface area contributed by atoms with Crippen molar-refractivity contribution >= 4 is 22.8 Å². The van der Waals surface area contributed by atoms with Crippen LogP contribution in [0.25, 0.3) is 10.9 Å². The lowest BCUT2D eigenvalue weighted by atomic mass is 10.1. The number of H-pyrrole nitrogens is 1. The molecular formula is C15H18N2O5. The van der Waals surface area contributed by atoms with E-state index in [1.54, 1.807) is 7.11 Å². The first-order valence-corrected chi connectivity index (χ1v) is 6.46. The third-order valence-corrected chi connectivity index (χ3v) is 2.76. The number of hydrogen-bond donors (Lipinski definition) is 4. The SMILES string of the molecule is COc1ccc2[nH]cc(CCN)c2c1.O=C(O)C=CC(=O)O. The first-order valence-electron chi connectivity index (χ1n) is 6.46. The minimum atomic E-state index is -1.26. The first kappa shape index (κ1) is 17.3. The molecule has 7 heteroatoms. The number of ether oxygens (including phenoxy) is 1. The number of rotatable bonds is 5. The number of aliphatic carboxylic acids is 2. The van der Waals surface area contributed by atoms with Crippen molar-refractivity contribution in [2.75, 3.05) is 13.7 Å². The lowest BCUT2D eigenvalue weighted by Gasteiger charge is -2.00. The van der Waals surface area contributed by atoms with Crippen LogP contribution in [0.5, 0.6) is 5.75 Å². The van der Waals surface area contributed by atoms with Crippen LogP contribution >= 0.6 is 0 Å². The molecule has 5 N–H and O–H groups in total. The molecule has 0 amide bonds. The van der Waals surface area contributed by atoms with Crippen LogP contribution in [0.3, 0.4) is 0 Å². The maximum atomic E-state index is 9.55. The highest BCUT2D eigenvalue weighted by Gasteiger charge is 2.03. The molecule has 2 rings (SSSR count). The predicted octanol–water partition coefficient (Wildman–Crippen LogP) is 1.39. The van der Waals surface area contributed by atoms with E-state index in [1.807, 2.05) is 24.4 Å². The Hall–Kier alpha value is -2.80. The van der Waals surface area contributed by atoms with Crippen LogP contribution in [0.2, 0.25) is 0 Å². The van der Waals surface area contributed by atoms with E-state index in [-0.39, 0.29) is 0 Å². The lowest BCUT2D eigenvalue weighted by molar-refractivity contribution is -0.134. The predicted molar refractivity (Wildman–Crippen MR) is 82.0 cm³/mol. The van der Waals surface area contributed by atoms with Gasteiger partial charge >= 0.3 is 11.9 Å². The summed E-state index contributed by atoms with van der Waals surface area (Å²) >= 11 is 0. The minimum Gasteiger partial charge on any atom is -0.497 e. The molecule has 22 heavy (non-hydrogen) atoms. The number of aromatic nitrogens is 1. The number of carboxylic acid groups (broad SMARTS) is 2. The highest BCUT2D eigenvalue weighted by Crippen LogP contribution is 2.23. The van der Waals surface area contributed by atoms with Crippen molar-refractivity contribution in [2.24, 2.45) is 5.73 Å². The van der Waals surface area contributed by atoms with Gasteiger partial charge in [-0.05, 0) is 36.7 Å². The molecule has 0 aliphatic rings. The molecule has 0 radical (unpaired) electrons. The van der Waals surface area contributed by atoms with Gasteiger partial charge in [-0.25, -0.2) is 9.59 Å². The van der Waals surface area contributed by atoms with E-state index in [1.165, 1.54) is 10.9 Å². The molecule has 0 fully saturated rings. The Bertz CT molecular complexity index is 660. The van der Waals surface area contributed by atoms with Gasteiger partial charge in [0, 0.05) is 29.3 Å². The van der Waals surface area contributed by atoms with E-state index < -0.39 is 11.9 Å². The van der Waals surface area contributed by atoms with Crippen molar-refractivity contribution in [1.82, 2.24) is 4.98 Å². The zero-order valence-corrected chi connectivity index (χ0v) is 12.1. The Morgan fingerprint density at radius 1 is 1.27 bits per heavy atom. The number of nitrogens with two attached hydrogens (primary N) is 1. The van der Waals surface area contributed by atoms with Gasteiger partial charge in [-0.2, -0.15) is 0 Å². The number of carboxylic acids is 2. The summed E-state index contributed by atoms with van der Waals surface area (Å²) < 4.78 is 5.18. The molecular weight excluding hydrogens is 288 g/mol. The molecule has 0 unspecified atom stereocenters. The Kier molecular flexibility index (Phi) is 6.65. The van der Waals surface area contributed by atoms with Crippen molar-refractivity contribution in [3.8, 4) is 5.75 Å². The molecule has 0 saturated heterocycles. The highest BCUT2D eigenvalue weighted by molar-refractivity contribution is 5.89. The molecule has 0 aliphatic heterocycles. The van der Waals surface area contributed by atoms with Crippen molar-refractivity contribution in [3.05, 3.63) is 42.1 Å².